The zero-order chi connectivity index (χ0) is 22.5. The average molecular weight is 407 g/mol. The van der Waals surface area contributed by atoms with E-state index < -0.39 is 0 Å². The molecule has 0 fully saturated rings. The molecular weight excluding hydrogens is 372 g/mol. The van der Waals surface area contributed by atoms with Crippen molar-refractivity contribution in [2.45, 2.75) is 0 Å². The van der Waals surface area contributed by atoms with Crippen LogP contribution in [0.5, 0.6) is 0 Å². The molecule has 8 N–H and O–H groups in total. The van der Waals surface area contributed by atoms with Gasteiger partial charge in [-0.2, -0.15) is 0 Å². The average Bonchev–Trinajstić information content (AvgIpc) is 2.70. The van der Waals surface area contributed by atoms with E-state index in [1.165, 1.54) is 0 Å². The summed E-state index contributed by atoms with van der Waals surface area (Å²) in [6.07, 6.45) is 7.32. The summed E-state index contributed by atoms with van der Waals surface area (Å²) in [7, 11) is 0. The normalized spacial score (nSPS) is 9.60. The van der Waals surface area contributed by atoms with E-state index in [0.29, 0.717) is 22.7 Å². The Labute approximate surface area is 180 Å². The minimum atomic E-state index is 0.674. The first-order chi connectivity index (χ1) is 14.4. The predicted octanol–water partition coefficient (Wildman–Crippen LogP) is 4.06. The van der Waals surface area contributed by atoms with Crippen molar-refractivity contribution in [1.82, 2.24) is 0 Å². The van der Waals surface area contributed by atoms with E-state index in [9.17, 15) is 0 Å². The fourth-order valence-electron chi connectivity index (χ4n) is 2.86. The summed E-state index contributed by atoms with van der Waals surface area (Å²) in [4.78, 5) is 4.14. The van der Waals surface area contributed by atoms with E-state index in [1.807, 2.05) is 48.6 Å². The highest BCUT2D eigenvalue weighted by Gasteiger charge is 2.07. The highest BCUT2D eigenvalue weighted by atomic mass is 15.1. The van der Waals surface area contributed by atoms with Gasteiger partial charge in [0.05, 0.1) is 22.7 Å². The maximum Gasteiger partial charge on any atom is 0.0626 e. The van der Waals surface area contributed by atoms with E-state index in [-0.39, 0.29) is 0 Å². The third-order valence-corrected chi connectivity index (χ3v) is 4.19. The van der Waals surface area contributed by atoms with Gasteiger partial charge in [0.25, 0.3) is 0 Å². The number of hydrogen-bond donors (Lipinski definition) is 4. The molecule has 0 amide bonds. The van der Waals surface area contributed by atoms with Gasteiger partial charge >= 0.3 is 0 Å². The van der Waals surface area contributed by atoms with Crippen molar-refractivity contribution in [3.8, 4) is 0 Å². The molecular formula is C24H34N6. The lowest BCUT2D eigenvalue weighted by Gasteiger charge is -2.23. The second-order valence-electron chi connectivity index (χ2n) is 6.60. The minimum Gasteiger partial charge on any atom is -0.399 e. The predicted molar refractivity (Wildman–Crippen MR) is 136 cm³/mol. The first kappa shape index (κ1) is 24.2. The lowest BCUT2D eigenvalue weighted by Crippen LogP contribution is -2.24. The van der Waals surface area contributed by atoms with Crippen molar-refractivity contribution in [3.05, 3.63) is 87.0 Å². The van der Waals surface area contributed by atoms with Gasteiger partial charge in [-0.15, -0.1) is 26.3 Å². The molecule has 0 aliphatic carbocycles. The first-order valence-electron chi connectivity index (χ1n) is 9.61. The Bertz CT molecular complexity index is 839. The molecule has 0 aromatic heterocycles. The van der Waals surface area contributed by atoms with Crippen molar-refractivity contribution < 1.29 is 0 Å². The molecule has 0 atom stereocenters. The van der Waals surface area contributed by atoms with Crippen LogP contribution in [0.4, 0.5) is 34.1 Å². The number of rotatable bonds is 10. The number of benzene rings is 2. The molecule has 2 rings (SSSR count). The molecule has 0 saturated carbocycles. The molecule has 30 heavy (non-hydrogen) atoms. The molecule has 0 spiro atoms. The van der Waals surface area contributed by atoms with E-state index in [2.05, 4.69) is 36.1 Å². The van der Waals surface area contributed by atoms with Crippen LogP contribution in [0.2, 0.25) is 0 Å². The summed E-state index contributed by atoms with van der Waals surface area (Å²) in [6.45, 7) is 17.8. The monoisotopic (exact) mass is 406 g/mol. The van der Waals surface area contributed by atoms with Gasteiger partial charge in [0.15, 0.2) is 0 Å². The van der Waals surface area contributed by atoms with Gasteiger partial charge in [0, 0.05) is 37.6 Å². The van der Waals surface area contributed by atoms with Gasteiger partial charge < -0.3 is 32.7 Å². The van der Waals surface area contributed by atoms with Crippen LogP contribution < -0.4 is 32.7 Å². The number of nitrogens with two attached hydrogens (primary N) is 4. The van der Waals surface area contributed by atoms with E-state index in [0.717, 1.165) is 37.6 Å². The molecule has 0 aliphatic heterocycles. The van der Waals surface area contributed by atoms with Crippen molar-refractivity contribution in [2.75, 3.05) is 58.9 Å². The van der Waals surface area contributed by atoms with Gasteiger partial charge in [-0.1, -0.05) is 24.3 Å². The third kappa shape index (κ3) is 7.31. The summed E-state index contributed by atoms with van der Waals surface area (Å²) in [6, 6.07) is 11.0. The Balaban J connectivity index is 0.000000300. The Morgan fingerprint density at radius 2 is 1.00 bits per heavy atom. The highest BCUT2D eigenvalue weighted by Crippen LogP contribution is 2.26. The molecule has 0 bridgehead atoms. The zero-order valence-corrected chi connectivity index (χ0v) is 17.6. The second-order valence-corrected chi connectivity index (χ2v) is 6.60. The van der Waals surface area contributed by atoms with E-state index >= 15 is 0 Å². The zero-order valence-electron chi connectivity index (χ0n) is 17.6. The number of nitrogens with zero attached hydrogens (tertiary/aromatic N) is 2. The molecule has 6 heteroatoms. The maximum atomic E-state index is 5.89. The van der Waals surface area contributed by atoms with Crippen molar-refractivity contribution in [1.29, 1.82) is 0 Å². The Kier molecular flexibility index (Phi) is 10.2. The summed E-state index contributed by atoms with van der Waals surface area (Å²) in [5, 5.41) is 0. The van der Waals surface area contributed by atoms with Crippen LogP contribution in [0.25, 0.3) is 0 Å². The van der Waals surface area contributed by atoms with Crippen LogP contribution in [-0.2, 0) is 0 Å². The van der Waals surface area contributed by atoms with Crippen LogP contribution in [0.3, 0.4) is 0 Å². The smallest absolute Gasteiger partial charge is 0.0626 e. The van der Waals surface area contributed by atoms with E-state index in [1.54, 1.807) is 12.1 Å². The SMILES string of the molecule is C=CCN(CC=C)c1cc(N)ccc1N.C=CCN(CC=C)c1ccc(N)cc1N. The fraction of sp³-hybridized carbons (Fsp3) is 0.167. The van der Waals surface area contributed by atoms with Gasteiger partial charge in [-0.3, -0.25) is 0 Å². The quantitative estimate of drug-likeness (QED) is 0.350. The molecule has 0 radical (unpaired) electrons. The summed E-state index contributed by atoms with van der Waals surface area (Å²) >= 11 is 0. The van der Waals surface area contributed by atoms with E-state index in [4.69, 9.17) is 22.9 Å². The van der Waals surface area contributed by atoms with Crippen LogP contribution in [0, 0.1) is 0 Å². The second kappa shape index (κ2) is 12.6. The minimum absolute atomic E-state index is 0.674. The molecule has 0 heterocycles. The third-order valence-electron chi connectivity index (χ3n) is 4.19. The van der Waals surface area contributed by atoms with Crippen LogP contribution in [0.1, 0.15) is 0 Å². The van der Waals surface area contributed by atoms with Crippen LogP contribution >= 0.6 is 0 Å². The summed E-state index contributed by atoms with van der Waals surface area (Å²) in [5.74, 6) is 0. The Morgan fingerprint density at radius 1 is 0.567 bits per heavy atom. The number of nitrogen functional groups attached to an aromatic ring is 4. The number of hydrogen-bond acceptors (Lipinski definition) is 6. The lowest BCUT2D eigenvalue weighted by atomic mass is 10.2. The van der Waals surface area contributed by atoms with Gasteiger partial charge in [-0.25, -0.2) is 0 Å². The van der Waals surface area contributed by atoms with Crippen molar-refractivity contribution in [2.24, 2.45) is 0 Å². The molecule has 0 unspecified atom stereocenters. The van der Waals surface area contributed by atoms with Gasteiger partial charge in [0.2, 0.25) is 0 Å². The summed E-state index contributed by atoms with van der Waals surface area (Å²) in [5.41, 5.74) is 27.8. The highest BCUT2D eigenvalue weighted by molar-refractivity contribution is 5.73. The summed E-state index contributed by atoms with van der Waals surface area (Å²) < 4.78 is 0. The number of anilines is 6. The first-order valence-corrected chi connectivity index (χ1v) is 9.61. The topological polar surface area (TPSA) is 111 Å². The standard InChI is InChI=1S/2C12H17N3/c1-3-7-15(8-4-2)12-6-5-10(13)9-11(12)14;1-3-7-15(8-4-2)12-9-10(13)5-6-11(12)14/h2*3-6,9H,1-2,7-8,13-14H2. The Hall–Kier alpha value is -3.80. The largest absolute Gasteiger partial charge is 0.399 e. The molecule has 0 saturated heterocycles. The van der Waals surface area contributed by atoms with Gasteiger partial charge in [-0.05, 0) is 36.4 Å². The molecule has 6 nitrogen and oxygen atoms in total. The molecule has 0 aliphatic rings. The molecule has 2 aromatic carbocycles. The molecule has 2 aromatic rings. The van der Waals surface area contributed by atoms with Crippen LogP contribution in [-0.4, -0.2) is 26.2 Å². The van der Waals surface area contributed by atoms with Gasteiger partial charge in [0.1, 0.15) is 0 Å². The van der Waals surface area contributed by atoms with Crippen molar-refractivity contribution >= 4 is 34.1 Å². The van der Waals surface area contributed by atoms with Crippen LogP contribution in [0.15, 0.2) is 87.0 Å². The maximum absolute atomic E-state index is 5.89. The Morgan fingerprint density at radius 3 is 1.47 bits per heavy atom. The van der Waals surface area contributed by atoms with Crippen molar-refractivity contribution in [3.63, 3.8) is 0 Å². The lowest BCUT2D eigenvalue weighted by molar-refractivity contribution is 0.959. The fourth-order valence-corrected chi connectivity index (χ4v) is 2.86. The molecule has 160 valence electrons.